The van der Waals surface area contributed by atoms with Crippen LogP contribution in [0.15, 0.2) is 29.2 Å². The second-order valence-electron chi connectivity index (χ2n) is 7.06. The van der Waals surface area contributed by atoms with Gasteiger partial charge < -0.3 is 14.3 Å². The van der Waals surface area contributed by atoms with Gasteiger partial charge in [-0.1, -0.05) is 18.0 Å². The van der Waals surface area contributed by atoms with Gasteiger partial charge in [0, 0.05) is 44.7 Å². The number of pyridine rings is 1. The number of carbonyl (C=O) groups is 1. The highest BCUT2D eigenvalue weighted by Gasteiger charge is 2.36. The molecule has 3 heterocycles. The molecule has 0 radical (unpaired) electrons. The number of nitrogens with zero attached hydrogens (tertiary/aromatic N) is 5. The smallest absolute Gasteiger partial charge is 0.223 e. The van der Waals surface area contributed by atoms with Crippen LogP contribution in [-0.2, 0) is 4.79 Å². The Bertz CT molecular complexity index is 727. The lowest BCUT2D eigenvalue weighted by Crippen LogP contribution is -2.35. The molecule has 1 atom stereocenters. The Labute approximate surface area is 147 Å². The van der Waals surface area contributed by atoms with Crippen molar-refractivity contribution in [3.05, 3.63) is 24.7 Å². The van der Waals surface area contributed by atoms with Crippen molar-refractivity contribution in [2.75, 3.05) is 25.0 Å². The fraction of sp³-hybridized carbons (Fsp3) is 0.556. The molecule has 2 fully saturated rings. The zero-order chi connectivity index (χ0) is 17.2. The summed E-state index contributed by atoms with van der Waals surface area (Å²) in [7, 11) is 2.01. The third-order valence-corrected chi connectivity index (χ3v) is 5.29. The van der Waals surface area contributed by atoms with Gasteiger partial charge in [-0.25, -0.2) is 4.98 Å². The summed E-state index contributed by atoms with van der Waals surface area (Å²) in [6.07, 6.45) is 8.54. The molecule has 2 aromatic rings. The maximum atomic E-state index is 12.4. The van der Waals surface area contributed by atoms with Gasteiger partial charge in [0.1, 0.15) is 5.82 Å². The highest BCUT2D eigenvalue weighted by Crippen LogP contribution is 2.31. The molecule has 7 nitrogen and oxygen atoms in total. The number of carbonyl (C=O) groups excluding carboxylic acids is 1. The molecule has 25 heavy (non-hydrogen) atoms. The van der Waals surface area contributed by atoms with Crippen molar-refractivity contribution in [2.45, 2.75) is 38.1 Å². The lowest BCUT2D eigenvalue weighted by Gasteiger charge is -2.26. The number of hydrogen-bond acceptors (Lipinski definition) is 6. The Morgan fingerprint density at radius 1 is 1.32 bits per heavy atom. The second-order valence-corrected chi connectivity index (χ2v) is 7.06. The molecule has 1 unspecified atom stereocenters. The lowest BCUT2D eigenvalue weighted by atomic mass is 10.1. The molecule has 132 valence electrons. The Morgan fingerprint density at radius 3 is 2.92 bits per heavy atom. The zero-order valence-electron chi connectivity index (χ0n) is 14.5. The predicted octanol–water partition coefficient (Wildman–Crippen LogP) is 2.36. The zero-order valence-corrected chi connectivity index (χ0v) is 14.5. The van der Waals surface area contributed by atoms with Crippen LogP contribution in [0.4, 0.5) is 5.82 Å². The average molecular weight is 341 g/mol. The first kappa shape index (κ1) is 16.1. The number of aromatic nitrogens is 3. The molecule has 1 aliphatic heterocycles. The Hall–Kier alpha value is -2.44. The summed E-state index contributed by atoms with van der Waals surface area (Å²) in [5, 5.41) is 3.92. The maximum absolute atomic E-state index is 12.4. The van der Waals surface area contributed by atoms with E-state index in [0.717, 1.165) is 37.3 Å². The van der Waals surface area contributed by atoms with Crippen LogP contribution in [0.3, 0.4) is 0 Å². The number of amides is 1. The SMILES string of the molecule is CN(CC1CC(=O)N(C2CCCC2)C1)c1ncccc1-c1ncon1. The van der Waals surface area contributed by atoms with Gasteiger partial charge in [0.05, 0.1) is 5.56 Å². The third-order valence-electron chi connectivity index (χ3n) is 5.29. The summed E-state index contributed by atoms with van der Waals surface area (Å²) < 4.78 is 4.86. The molecular formula is C18H23N5O2. The van der Waals surface area contributed by atoms with E-state index in [0.29, 0.717) is 30.1 Å². The van der Waals surface area contributed by atoms with Crippen LogP contribution in [-0.4, -0.2) is 52.1 Å². The monoisotopic (exact) mass is 341 g/mol. The largest absolute Gasteiger partial charge is 0.359 e. The van der Waals surface area contributed by atoms with Crippen LogP contribution in [0.2, 0.25) is 0 Å². The number of anilines is 1. The molecule has 1 aliphatic carbocycles. The van der Waals surface area contributed by atoms with E-state index in [2.05, 4.69) is 24.9 Å². The molecule has 2 aromatic heterocycles. The van der Waals surface area contributed by atoms with Crippen molar-refractivity contribution >= 4 is 11.7 Å². The van der Waals surface area contributed by atoms with Gasteiger partial charge in [-0.15, -0.1) is 0 Å². The van der Waals surface area contributed by atoms with Gasteiger partial charge in [-0.05, 0) is 25.0 Å². The second kappa shape index (κ2) is 6.82. The van der Waals surface area contributed by atoms with Crippen molar-refractivity contribution < 1.29 is 9.32 Å². The molecule has 0 N–H and O–H groups in total. The van der Waals surface area contributed by atoms with Crippen molar-refractivity contribution in [1.82, 2.24) is 20.0 Å². The van der Waals surface area contributed by atoms with Crippen LogP contribution in [0.25, 0.3) is 11.4 Å². The fourth-order valence-electron chi connectivity index (χ4n) is 4.14. The Balaban J connectivity index is 1.46. The number of hydrogen-bond donors (Lipinski definition) is 0. The molecule has 0 aromatic carbocycles. The van der Waals surface area contributed by atoms with Gasteiger partial charge in [0.25, 0.3) is 0 Å². The lowest BCUT2D eigenvalue weighted by molar-refractivity contribution is -0.129. The first-order chi connectivity index (χ1) is 12.2. The summed E-state index contributed by atoms with van der Waals surface area (Å²) in [5.41, 5.74) is 0.843. The molecule has 1 amide bonds. The highest BCUT2D eigenvalue weighted by molar-refractivity contribution is 5.79. The van der Waals surface area contributed by atoms with Crippen LogP contribution >= 0.6 is 0 Å². The minimum absolute atomic E-state index is 0.310. The summed E-state index contributed by atoms with van der Waals surface area (Å²) >= 11 is 0. The van der Waals surface area contributed by atoms with E-state index < -0.39 is 0 Å². The van der Waals surface area contributed by atoms with E-state index in [-0.39, 0.29) is 0 Å². The van der Waals surface area contributed by atoms with Crippen molar-refractivity contribution in [2.24, 2.45) is 5.92 Å². The van der Waals surface area contributed by atoms with Gasteiger partial charge in [0.15, 0.2) is 0 Å². The first-order valence-corrected chi connectivity index (χ1v) is 8.94. The molecule has 1 saturated carbocycles. The molecule has 0 spiro atoms. The molecule has 4 rings (SSSR count). The van der Waals surface area contributed by atoms with E-state index in [1.807, 2.05) is 19.2 Å². The number of rotatable bonds is 5. The van der Waals surface area contributed by atoms with Crippen molar-refractivity contribution in [1.29, 1.82) is 0 Å². The standard InChI is InChI=1S/C18H23N5O2/c1-22(18-15(7-4-8-19-18)17-20-12-25-21-17)10-13-9-16(24)23(11-13)14-5-2-3-6-14/h4,7-8,12-14H,2-3,5-6,9-11H2,1H3. The fourth-order valence-corrected chi connectivity index (χ4v) is 4.14. The third kappa shape index (κ3) is 3.23. The first-order valence-electron chi connectivity index (χ1n) is 8.94. The van der Waals surface area contributed by atoms with E-state index in [1.54, 1.807) is 6.20 Å². The minimum atomic E-state index is 0.310. The van der Waals surface area contributed by atoms with Crippen molar-refractivity contribution in [3.63, 3.8) is 0 Å². The summed E-state index contributed by atoms with van der Waals surface area (Å²) in [5.74, 6) is 1.99. The molecule has 1 saturated heterocycles. The topological polar surface area (TPSA) is 75.4 Å². The van der Waals surface area contributed by atoms with Crippen LogP contribution in [0.5, 0.6) is 0 Å². The summed E-state index contributed by atoms with van der Waals surface area (Å²) in [6.45, 7) is 1.65. The summed E-state index contributed by atoms with van der Waals surface area (Å²) in [6, 6.07) is 4.27. The van der Waals surface area contributed by atoms with Gasteiger partial charge in [-0.2, -0.15) is 4.98 Å². The number of likely N-dealkylation sites (tertiary alicyclic amines) is 1. The van der Waals surface area contributed by atoms with Crippen LogP contribution in [0.1, 0.15) is 32.1 Å². The average Bonchev–Trinajstić information content (AvgIpc) is 3.37. The van der Waals surface area contributed by atoms with Crippen molar-refractivity contribution in [3.8, 4) is 11.4 Å². The molecule has 0 bridgehead atoms. The Morgan fingerprint density at radius 2 is 2.16 bits per heavy atom. The normalized spacial score (nSPS) is 21.2. The van der Waals surface area contributed by atoms with E-state index in [4.69, 9.17) is 4.52 Å². The van der Waals surface area contributed by atoms with E-state index >= 15 is 0 Å². The Kier molecular flexibility index (Phi) is 4.38. The van der Waals surface area contributed by atoms with Gasteiger partial charge in [0.2, 0.25) is 18.1 Å². The van der Waals surface area contributed by atoms with Crippen LogP contribution in [0, 0.1) is 5.92 Å². The summed E-state index contributed by atoms with van der Waals surface area (Å²) in [4.78, 5) is 25.2. The minimum Gasteiger partial charge on any atom is -0.359 e. The molecule has 7 heteroatoms. The van der Waals surface area contributed by atoms with Gasteiger partial charge >= 0.3 is 0 Å². The highest BCUT2D eigenvalue weighted by atomic mass is 16.5. The van der Waals surface area contributed by atoms with Crippen LogP contribution < -0.4 is 4.90 Å². The maximum Gasteiger partial charge on any atom is 0.223 e. The molecule has 2 aliphatic rings. The van der Waals surface area contributed by atoms with E-state index in [9.17, 15) is 4.79 Å². The predicted molar refractivity (Wildman–Crippen MR) is 92.9 cm³/mol. The van der Waals surface area contributed by atoms with Gasteiger partial charge in [-0.3, -0.25) is 4.79 Å². The van der Waals surface area contributed by atoms with E-state index in [1.165, 1.54) is 19.2 Å². The quantitative estimate of drug-likeness (QED) is 0.831. The molecular weight excluding hydrogens is 318 g/mol.